The third kappa shape index (κ3) is 5.48. The van der Waals surface area contributed by atoms with E-state index >= 15 is 0 Å². The van der Waals surface area contributed by atoms with Crippen molar-refractivity contribution in [1.82, 2.24) is 5.32 Å². The van der Waals surface area contributed by atoms with Gasteiger partial charge in [-0.05, 0) is 60.2 Å². The van der Waals surface area contributed by atoms with E-state index in [0.29, 0.717) is 22.0 Å². The number of hydrogen-bond acceptors (Lipinski definition) is 6. The van der Waals surface area contributed by atoms with E-state index in [2.05, 4.69) is 10.6 Å². The topological polar surface area (TPSA) is 125 Å². The van der Waals surface area contributed by atoms with Gasteiger partial charge >= 0.3 is 6.03 Å². The SMILES string of the molecule is O=C(COc1cccc(/C=C2/C(=O)NC(=O)N(c3ccc(O)cc3)C2=O)c1)Nc1ccccc1Cl. The van der Waals surface area contributed by atoms with E-state index in [4.69, 9.17) is 16.3 Å². The number of phenolic OH excluding ortho intramolecular Hbond substituents is 1. The fourth-order valence-electron chi connectivity index (χ4n) is 3.25. The Balaban J connectivity index is 1.49. The molecule has 35 heavy (non-hydrogen) atoms. The number of barbiturate groups is 1. The van der Waals surface area contributed by atoms with Gasteiger partial charge in [-0.1, -0.05) is 35.9 Å². The van der Waals surface area contributed by atoms with Gasteiger partial charge in [0.1, 0.15) is 17.1 Å². The van der Waals surface area contributed by atoms with Gasteiger partial charge < -0.3 is 15.2 Å². The molecule has 1 saturated heterocycles. The van der Waals surface area contributed by atoms with Crippen LogP contribution in [0.25, 0.3) is 6.08 Å². The van der Waals surface area contributed by atoms with Crippen molar-refractivity contribution in [3.63, 3.8) is 0 Å². The predicted octanol–water partition coefficient (Wildman–Crippen LogP) is 3.73. The molecule has 0 radical (unpaired) electrons. The molecule has 0 aliphatic carbocycles. The summed E-state index contributed by atoms with van der Waals surface area (Å²) in [6.45, 7) is -0.298. The van der Waals surface area contributed by atoms with Crippen molar-refractivity contribution in [2.75, 3.05) is 16.8 Å². The second-order valence-corrected chi connectivity index (χ2v) is 7.77. The number of hydrogen-bond donors (Lipinski definition) is 3. The molecule has 5 amide bonds. The van der Waals surface area contributed by atoms with Gasteiger partial charge in [0.2, 0.25) is 0 Å². The van der Waals surface area contributed by atoms with Crippen LogP contribution in [0.1, 0.15) is 5.56 Å². The molecule has 1 aliphatic heterocycles. The number of imide groups is 2. The number of para-hydroxylation sites is 1. The number of halogens is 1. The summed E-state index contributed by atoms with van der Waals surface area (Å²) < 4.78 is 5.52. The van der Waals surface area contributed by atoms with E-state index in [1.807, 2.05) is 0 Å². The molecule has 9 nitrogen and oxygen atoms in total. The Morgan fingerprint density at radius 3 is 2.51 bits per heavy atom. The maximum Gasteiger partial charge on any atom is 0.335 e. The lowest BCUT2D eigenvalue weighted by atomic mass is 10.1. The molecule has 0 unspecified atom stereocenters. The van der Waals surface area contributed by atoms with Crippen LogP contribution in [0, 0.1) is 0 Å². The molecule has 3 aromatic rings. The zero-order chi connectivity index (χ0) is 24.9. The number of nitrogens with one attached hydrogen (secondary N) is 2. The molecule has 4 rings (SSSR count). The average molecular weight is 492 g/mol. The first-order chi connectivity index (χ1) is 16.8. The molecule has 1 heterocycles. The minimum atomic E-state index is -0.899. The normalized spacial score (nSPS) is 14.6. The van der Waals surface area contributed by atoms with Crippen LogP contribution in [0.4, 0.5) is 16.2 Å². The highest BCUT2D eigenvalue weighted by Gasteiger charge is 2.36. The van der Waals surface area contributed by atoms with Crippen molar-refractivity contribution in [1.29, 1.82) is 0 Å². The molecule has 1 aliphatic rings. The lowest BCUT2D eigenvalue weighted by Gasteiger charge is -2.26. The van der Waals surface area contributed by atoms with E-state index in [1.54, 1.807) is 42.5 Å². The summed E-state index contributed by atoms with van der Waals surface area (Å²) in [4.78, 5) is 50.6. The average Bonchev–Trinajstić information content (AvgIpc) is 2.83. The summed E-state index contributed by atoms with van der Waals surface area (Å²) in [6.07, 6.45) is 1.31. The standard InChI is InChI=1S/C25H18ClN3O6/c26-20-6-1-2-7-21(20)27-22(31)14-35-18-5-3-4-15(12-18)13-19-23(32)28-25(34)29(24(19)33)16-8-10-17(30)11-9-16/h1-13,30H,14H2,(H,27,31)(H,28,32,34)/b19-13-. The van der Waals surface area contributed by atoms with Gasteiger partial charge in [-0.15, -0.1) is 0 Å². The van der Waals surface area contributed by atoms with Crippen LogP contribution in [0.3, 0.4) is 0 Å². The number of rotatable bonds is 6. The second-order valence-electron chi connectivity index (χ2n) is 7.36. The molecular formula is C25H18ClN3O6. The molecule has 1 fully saturated rings. The predicted molar refractivity (Wildman–Crippen MR) is 129 cm³/mol. The van der Waals surface area contributed by atoms with Gasteiger partial charge in [0.25, 0.3) is 17.7 Å². The van der Waals surface area contributed by atoms with Gasteiger partial charge in [-0.25, -0.2) is 9.69 Å². The van der Waals surface area contributed by atoms with Crippen LogP contribution in [0.5, 0.6) is 11.5 Å². The summed E-state index contributed by atoms with van der Waals surface area (Å²) in [6, 6.07) is 17.7. The number of benzene rings is 3. The van der Waals surface area contributed by atoms with Gasteiger partial charge in [-0.3, -0.25) is 19.7 Å². The van der Waals surface area contributed by atoms with Crippen LogP contribution >= 0.6 is 11.6 Å². The molecular weight excluding hydrogens is 474 g/mol. The lowest BCUT2D eigenvalue weighted by molar-refractivity contribution is -0.122. The van der Waals surface area contributed by atoms with E-state index in [0.717, 1.165) is 4.90 Å². The fraction of sp³-hybridized carbons (Fsp3) is 0.0400. The Kier molecular flexibility index (Phi) is 6.79. The largest absolute Gasteiger partial charge is 0.508 e. The third-order valence-corrected chi connectivity index (χ3v) is 5.23. The number of carbonyl (C=O) groups is 4. The Morgan fingerprint density at radius 1 is 1.03 bits per heavy atom. The minimum Gasteiger partial charge on any atom is -0.508 e. The van der Waals surface area contributed by atoms with Gasteiger partial charge in [0.15, 0.2) is 6.61 Å². The number of anilines is 2. The van der Waals surface area contributed by atoms with Gasteiger partial charge in [-0.2, -0.15) is 0 Å². The van der Waals surface area contributed by atoms with Gasteiger partial charge in [0, 0.05) is 0 Å². The molecule has 0 saturated carbocycles. The maximum atomic E-state index is 13.0. The number of amides is 5. The Morgan fingerprint density at radius 2 is 1.77 bits per heavy atom. The Hall–Kier alpha value is -4.63. The molecule has 0 spiro atoms. The van der Waals surface area contributed by atoms with E-state index in [-0.39, 0.29) is 23.6 Å². The highest BCUT2D eigenvalue weighted by atomic mass is 35.5. The second kappa shape index (κ2) is 10.1. The Labute approximate surface area is 204 Å². The molecule has 0 atom stereocenters. The number of urea groups is 1. The molecule has 10 heteroatoms. The summed E-state index contributed by atoms with van der Waals surface area (Å²) >= 11 is 6.03. The summed E-state index contributed by atoms with van der Waals surface area (Å²) in [5, 5.41) is 14.6. The fourth-order valence-corrected chi connectivity index (χ4v) is 3.44. The number of aromatic hydroxyl groups is 1. The zero-order valence-electron chi connectivity index (χ0n) is 18.0. The van der Waals surface area contributed by atoms with Crippen molar-refractivity contribution in [3.8, 4) is 11.5 Å². The zero-order valence-corrected chi connectivity index (χ0v) is 18.8. The highest BCUT2D eigenvalue weighted by molar-refractivity contribution is 6.39. The quantitative estimate of drug-likeness (QED) is 0.356. The van der Waals surface area contributed by atoms with E-state index < -0.39 is 23.8 Å². The number of nitrogens with zero attached hydrogens (tertiary/aromatic N) is 1. The van der Waals surface area contributed by atoms with Crippen LogP contribution < -0.4 is 20.3 Å². The number of phenols is 1. The maximum absolute atomic E-state index is 13.0. The van der Waals surface area contributed by atoms with Crippen LogP contribution in [0.15, 0.2) is 78.4 Å². The molecule has 3 aromatic carbocycles. The summed E-state index contributed by atoms with van der Waals surface area (Å²) in [5.41, 5.74) is 0.805. The van der Waals surface area contributed by atoms with Crippen LogP contribution in [0.2, 0.25) is 5.02 Å². The lowest BCUT2D eigenvalue weighted by Crippen LogP contribution is -2.54. The van der Waals surface area contributed by atoms with Crippen molar-refractivity contribution in [3.05, 3.63) is 89.0 Å². The highest BCUT2D eigenvalue weighted by Crippen LogP contribution is 2.25. The van der Waals surface area contributed by atoms with Crippen molar-refractivity contribution >= 4 is 52.8 Å². The van der Waals surface area contributed by atoms with Crippen molar-refractivity contribution < 1.29 is 29.0 Å². The Bertz CT molecular complexity index is 1350. The van der Waals surface area contributed by atoms with E-state index in [1.165, 1.54) is 36.4 Å². The van der Waals surface area contributed by atoms with E-state index in [9.17, 15) is 24.3 Å². The third-order valence-electron chi connectivity index (χ3n) is 4.90. The minimum absolute atomic E-state index is 0.0391. The van der Waals surface area contributed by atoms with Crippen LogP contribution in [-0.2, 0) is 14.4 Å². The van der Waals surface area contributed by atoms with Crippen LogP contribution in [-0.4, -0.2) is 35.5 Å². The molecule has 176 valence electrons. The smallest absolute Gasteiger partial charge is 0.335 e. The number of carbonyl (C=O) groups excluding carboxylic acids is 4. The molecule has 0 aromatic heterocycles. The van der Waals surface area contributed by atoms with Crippen molar-refractivity contribution in [2.24, 2.45) is 0 Å². The van der Waals surface area contributed by atoms with Crippen molar-refractivity contribution in [2.45, 2.75) is 0 Å². The monoisotopic (exact) mass is 491 g/mol. The summed E-state index contributed by atoms with van der Waals surface area (Å²) in [5.74, 6) is -1.81. The first kappa shape index (κ1) is 23.5. The van der Waals surface area contributed by atoms with Gasteiger partial charge in [0.05, 0.1) is 16.4 Å². The first-order valence-corrected chi connectivity index (χ1v) is 10.7. The molecule has 3 N–H and O–H groups in total. The first-order valence-electron chi connectivity index (χ1n) is 10.3. The summed E-state index contributed by atoms with van der Waals surface area (Å²) in [7, 11) is 0. The molecule has 0 bridgehead atoms. The number of ether oxygens (including phenoxy) is 1.